The Hall–Kier alpha value is -2.60. The lowest BCUT2D eigenvalue weighted by Gasteiger charge is -2.24. The lowest BCUT2D eigenvalue weighted by atomic mass is 10.6. The molecule has 0 aromatic carbocycles. The molecule has 0 saturated carbocycles. The highest BCUT2D eigenvalue weighted by molar-refractivity contribution is 7.87. The van der Waals surface area contributed by atoms with Gasteiger partial charge < -0.3 is 14.5 Å². The van der Waals surface area contributed by atoms with Crippen LogP contribution in [-0.4, -0.2) is 61.7 Å². The molecule has 1 aliphatic rings. The third kappa shape index (κ3) is 3.98. The summed E-state index contributed by atoms with van der Waals surface area (Å²) in [7, 11) is 0.258. The molecule has 0 unspecified atom stereocenters. The van der Waals surface area contributed by atoms with Crippen LogP contribution in [0.1, 0.15) is 0 Å². The summed E-state index contributed by atoms with van der Waals surface area (Å²) >= 11 is 0. The maximum atomic E-state index is 12.1. The third-order valence-corrected chi connectivity index (χ3v) is 4.16. The van der Waals surface area contributed by atoms with Gasteiger partial charge in [0.15, 0.2) is 0 Å². The number of carbonyl (C=O) groups excluding carboxylic acids is 1. The number of nitrogens with one attached hydrogen (secondary N) is 2. The number of rotatable bonds is 5. The van der Waals surface area contributed by atoms with Gasteiger partial charge in [-0.05, 0) is 6.08 Å². The molecule has 0 aliphatic carbocycles. The van der Waals surface area contributed by atoms with E-state index in [0.717, 1.165) is 4.41 Å². The molecule has 23 heavy (non-hydrogen) atoms. The average molecular weight is 344 g/mol. The zero-order valence-corrected chi connectivity index (χ0v) is 13.5. The molecule has 2 heterocycles. The van der Waals surface area contributed by atoms with Gasteiger partial charge in [-0.25, -0.2) is 9.52 Å². The van der Waals surface area contributed by atoms with Gasteiger partial charge in [-0.1, -0.05) is 4.41 Å². The largest absolute Gasteiger partial charge is 0.481 e. The summed E-state index contributed by atoms with van der Waals surface area (Å²) in [6.07, 6.45) is 3.19. The Kier molecular flexibility index (Phi) is 4.86. The van der Waals surface area contributed by atoms with Crippen molar-refractivity contribution in [2.45, 2.75) is 0 Å². The molecule has 1 aliphatic heterocycles. The lowest BCUT2D eigenvalue weighted by Crippen LogP contribution is -2.48. The summed E-state index contributed by atoms with van der Waals surface area (Å²) in [5, 5.41) is 3.54. The van der Waals surface area contributed by atoms with Crippen molar-refractivity contribution in [3.8, 4) is 11.8 Å². The SMILES string of the molecule is COc1cc(OC)nc(NC(=O)NS(=O)(=O)N2CC=CN2C)n1. The number of methoxy groups -OCH3 is 2. The average Bonchev–Trinajstić information content (AvgIpc) is 2.93. The van der Waals surface area contributed by atoms with Crippen molar-refractivity contribution in [2.24, 2.45) is 0 Å². The van der Waals surface area contributed by atoms with Crippen molar-refractivity contribution in [3.05, 3.63) is 18.3 Å². The maximum absolute atomic E-state index is 12.1. The first-order valence-corrected chi connectivity index (χ1v) is 7.77. The first-order valence-electron chi connectivity index (χ1n) is 6.33. The van der Waals surface area contributed by atoms with Gasteiger partial charge in [0.1, 0.15) is 0 Å². The fourth-order valence-corrected chi connectivity index (χ4v) is 2.79. The quantitative estimate of drug-likeness (QED) is 0.734. The molecule has 11 nitrogen and oxygen atoms in total. The van der Waals surface area contributed by atoms with Crippen LogP contribution in [0.2, 0.25) is 0 Å². The lowest BCUT2D eigenvalue weighted by molar-refractivity contribution is 0.190. The minimum absolute atomic E-state index is 0.128. The number of carbonyl (C=O) groups is 1. The number of hydrogen-bond donors (Lipinski definition) is 2. The van der Waals surface area contributed by atoms with E-state index in [9.17, 15) is 13.2 Å². The normalized spacial score (nSPS) is 14.7. The topological polar surface area (TPSA) is 126 Å². The number of hydrazine groups is 1. The van der Waals surface area contributed by atoms with Crippen molar-refractivity contribution in [1.29, 1.82) is 0 Å². The molecular formula is C11H16N6O5S. The van der Waals surface area contributed by atoms with Crippen molar-refractivity contribution < 1.29 is 22.7 Å². The monoisotopic (exact) mass is 344 g/mol. The van der Waals surface area contributed by atoms with Crippen molar-refractivity contribution in [1.82, 2.24) is 24.1 Å². The first kappa shape index (κ1) is 16.8. The van der Waals surface area contributed by atoms with Crippen LogP contribution in [0.25, 0.3) is 0 Å². The fourth-order valence-electron chi connectivity index (χ4n) is 1.73. The summed E-state index contributed by atoms with van der Waals surface area (Å²) in [6, 6.07) is 0.394. The van der Waals surface area contributed by atoms with Gasteiger partial charge in [0.05, 0.1) is 26.8 Å². The summed E-state index contributed by atoms with van der Waals surface area (Å²) in [5.74, 6) is 0.138. The minimum atomic E-state index is -4.04. The molecule has 0 fully saturated rings. The van der Waals surface area contributed by atoms with Crippen LogP contribution in [0, 0.1) is 0 Å². The molecular weight excluding hydrogens is 328 g/mol. The van der Waals surface area contributed by atoms with Gasteiger partial charge >= 0.3 is 16.2 Å². The molecule has 2 rings (SSSR count). The van der Waals surface area contributed by atoms with E-state index in [1.165, 1.54) is 32.3 Å². The van der Waals surface area contributed by atoms with E-state index in [2.05, 4.69) is 15.3 Å². The Bertz CT molecular complexity index is 699. The Morgan fingerprint density at radius 3 is 2.35 bits per heavy atom. The van der Waals surface area contributed by atoms with E-state index in [4.69, 9.17) is 9.47 Å². The molecule has 12 heteroatoms. The standard InChI is InChI=1S/C11H16N6O5S/c1-16-5-4-6-17(16)23(19,20)15-11(18)14-10-12-8(21-2)7-9(13-10)22-3/h4-5,7H,6H2,1-3H3,(H2,12,13,14,15,18). The molecule has 126 valence electrons. The molecule has 0 atom stereocenters. The Labute approximate surface area is 133 Å². The van der Waals surface area contributed by atoms with Crippen LogP contribution in [0.5, 0.6) is 11.8 Å². The predicted molar refractivity (Wildman–Crippen MR) is 79.8 cm³/mol. The van der Waals surface area contributed by atoms with E-state index in [1.54, 1.807) is 12.3 Å². The zero-order chi connectivity index (χ0) is 17.0. The molecule has 0 saturated heterocycles. The van der Waals surface area contributed by atoms with Gasteiger partial charge in [-0.15, -0.1) is 0 Å². The Morgan fingerprint density at radius 2 is 1.87 bits per heavy atom. The molecule has 2 amide bonds. The van der Waals surface area contributed by atoms with Crippen LogP contribution in [0.4, 0.5) is 10.7 Å². The van der Waals surface area contributed by atoms with Crippen LogP contribution >= 0.6 is 0 Å². The summed E-state index contributed by atoms with van der Waals surface area (Å²) in [4.78, 5) is 19.6. The molecule has 0 spiro atoms. The fraction of sp³-hybridized carbons (Fsp3) is 0.364. The first-order chi connectivity index (χ1) is 10.9. The molecule has 2 N–H and O–H groups in total. The van der Waals surface area contributed by atoms with E-state index in [0.29, 0.717) is 0 Å². The number of amides is 2. The Morgan fingerprint density at radius 1 is 1.26 bits per heavy atom. The van der Waals surface area contributed by atoms with Gasteiger partial charge in [-0.2, -0.15) is 18.4 Å². The second-order valence-electron chi connectivity index (χ2n) is 4.30. The van der Waals surface area contributed by atoms with Crippen LogP contribution in [-0.2, 0) is 10.2 Å². The number of hydrogen-bond acceptors (Lipinski definition) is 8. The van der Waals surface area contributed by atoms with Crippen LogP contribution in [0.15, 0.2) is 18.3 Å². The van der Waals surface area contributed by atoms with E-state index < -0.39 is 16.2 Å². The smallest absolute Gasteiger partial charge is 0.336 e. The predicted octanol–water partition coefficient (Wildman–Crippen LogP) is -0.464. The Balaban J connectivity index is 2.07. The number of aromatic nitrogens is 2. The van der Waals surface area contributed by atoms with Gasteiger partial charge in [0.2, 0.25) is 17.7 Å². The van der Waals surface area contributed by atoms with E-state index in [-0.39, 0.29) is 24.3 Å². The van der Waals surface area contributed by atoms with Gasteiger partial charge in [-0.3, -0.25) is 5.32 Å². The molecule has 0 bridgehead atoms. The van der Waals surface area contributed by atoms with Crippen molar-refractivity contribution >= 4 is 22.2 Å². The second-order valence-corrected chi connectivity index (χ2v) is 5.88. The number of urea groups is 1. The second kappa shape index (κ2) is 6.66. The van der Waals surface area contributed by atoms with Crippen molar-refractivity contribution in [2.75, 3.05) is 33.1 Å². The van der Waals surface area contributed by atoms with Gasteiger partial charge in [0.25, 0.3) is 0 Å². The maximum Gasteiger partial charge on any atom is 0.336 e. The van der Waals surface area contributed by atoms with E-state index >= 15 is 0 Å². The number of ether oxygens (including phenoxy) is 2. The van der Waals surface area contributed by atoms with Gasteiger partial charge in [0, 0.05) is 13.2 Å². The third-order valence-electron chi connectivity index (χ3n) is 2.76. The summed E-state index contributed by atoms with van der Waals surface area (Å²) in [5.41, 5.74) is 0. The zero-order valence-electron chi connectivity index (χ0n) is 12.7. The molecule has 1 aromatic rings. The molecule has 0 radical (unpaired) electrons. The summed E-state index contributed by atoms with van der Waals surface area (Å²) in [6.45, 7) is 0.128. The molecule has 1 aromatic heterocycles. The van der Waals surface area contributed by atoms with Crippen LogP contribution < -0.4 is 19.5 Å². The minimum Gasteiger partial charge on any atom is -0.481 e. The van der Waals surface area contributed by atoms with Crippen LogP contribution in [0.3, 0.4) is 0 Å². The highest BCUT2D eigenvalue weighted by Gasteiger charge is 2.28. The highest BCUT2D eigenvalue weighted by Crippen LogP contribution is 2.17. The number of anilines is 1. The van der Waals surface area contributed by atoms with Crippen molar-refractivity contribution in [3.63, 3.8) is 0 Å². The van der Waals surface area contributed by atoms with E-state index in [1.807, 2.05) is 4.72 Å². The number of nitrogens with zero attached hydrogens (tertiary/aromatic N) is 4. The highest BCUT2D eigenvalue weighted by atomic mass is 32.2. The summed E-state index contributed by atoms with van der Waals surface area (Å²) < 4.78 is 36.8.